The fourth-order valence-corrected chi connectivity index (χ4v) is 2.19. The van der Waals surface area contributed by atoms with Gasteiger partial charge in [-0.3, -0.25) is 0 Å². The lowest BCUT2D eigenvalue weighted by Gasteiger charge is -2.25. The Morgan fingerprint density at radius 1 is 1.50 bits per heavy atom. The predicted octanol–water partition coefficient (Wildman–Crippen LogP) is 2.26. The second kappa shape index (κ2) is 7.84. The maximum atomic E-state index is 11.8. The molecular formula is C15H30N2O3. The zero-order valence-electron chi connectivity index (χ0n) is 13.6. The highest BCUT2D eigenvalue weighted by molar-refractivity contribution is 5.67. The monoisotopic (exact) mass is 286 g/mol. The third kappa shape index (κ3) is 6.57. The Bertz CT molecular complexity index is 296. The van der Waals surface area contributed by atoms with Crippen LogP contribution in [0.1, 0.15) is 40.5 Å². The van der Waals surface area contributed by atoms with Gasteiger partial charge in [0.2, 0.25) is 0 Å². The molecule has 2 unspecified atom stereocenters. The van der Waals surface area contributed by atoms with Crippen LogP contribution in [-0.2, 0) is 9.47 Å². The Kier molecular flexibility index (Phi) is 6.76. The summed E-state index contributed by atoms with van der Waals surface area (Å²) in [5.74, 6) is 0.624. The number of carbonyl (C=O) groups is 1. The lowest BCUT2D eigenvalue weighted by molar-refractivity contribution is 0.0297. The van der Waals surface area contributed by atoms with Gasteiger partial charge in [0.05, 0.1) is 6.61 Å². The second-order valence-corrected chi connectivity index (χ2v) is 6.62. The average molecular weight is 286 g/mol. The third-order valence-electron chi connectivity index (χ3n) is 3.51. The normalized spacial score (nSPS) is 20.8. The number of ether oxygens (including phenoxy) is 2. The molecule has 20 heavy (non-hydrogen) atoms. The van der Waals surface area contributed by atoms with Crippen LogP contribution in [0.25, 0.3) is 0 Å². The van der Waals surface area contributed by atoms with Crippen LogP contribution >= 0.6 is 0 Å². The van der Waals surface area contributed by atoms with E-state index in [1.807, 2.05) is 20.8 Å². The van der Waals surface area contributed by atoms with Gasteiger partial charge in [0.15, 0.2) is 0 Å². The molecule has 0 aromatic carbocycles. The molecule has 1 aliphatic heterocycles. The largest absolute Gasteiger partial charge is 0.444 e. The van der Waals surface area contributed by atoms with Gasteiger partial charge in [0.25, 0.3) is 0 Å². The topological polar surface area (TPSA) is 50.8 Å². The van der Waals surface area contributed by atoms with Crippen LogP contribution in [0.5, 0.6) is 0 Å². The van der Waals surface area contributed by atoms with Crippen molar-refractivity contribution >= 4 is 6.09 Å². The van der Waals surface area contributed by atoms with Gasteiger partial charge < -0.3 is 19.7 Å². The molecule has 0 bridgehead atoms. The minimum absolute atomic E-state index is 0.255. The Morgan fingerprint density at radius 3 is 2.75 bits per heavy atom. The predicted molar refractivity (Wildman–Crippen MR) is 79.9 cm³/mol. The number of rotatable bonds is 6. The van der Waals surface area contributed by atoms with Gasteiger partial charge in [-0.1, -0.05) is 0 Å². The molecule has 0 aromatic rings. The summed E-state index contributed by atoms with van der Waals surface area (Å²) in [4.78, 5) is 13.4. The fraction of sp³-hybridized carbons (Fsp3) is 0.933. The van der Waals surface area contributed by atoms with Crippen molar-refractivity contribution in [3.8, 4) is 0 Å². The van der Waals surface area contributed by atoms with Crippen LogP contribution in [-0.4, -0.2) is 56.0 Å². The van der Waals surface area contributed by atoms with E-state index in [0.29, 0.717) is 18.5 Å². The van der Waals surface area contributed by atoms with E-state index in [-0.39, 0.29) is 6.09 Å². The molecule has 118 valence electrons. The van der Waals surface area contributed by atoms with E-state index in [2.05, 4.69) is 12.2 Å². The number of carbonyl (C=O) groups excluding carboxylic acids is 1. The molecule has 1 rings (SSSR count). The Hall–Kier alpha value is -0.810. The van der Waals surface area contributed by atoms with Crippen LogP contribution in [0.4, 0.5) is 4.79 Å². The summed E-state index contributed by atoms with van der Waals surface area (Å²) >= 11 is 0. The SMILES string of the molecule is CC(NCCCN(C)C(=O)OC(C)(C)C)C1CCOC1. The molecule has 5 nitrogen and oxygen atoms in total. The highest BCUT2D eigenvalue weighted by Gasteiger charge is 2.22. The van der Waals surface area contributed by atoms with Crippen molar-refractivity contribution in [3.63, 3.8) is 0 Å². The fourth-order valence-electron chi connectivity index (χ4n) is 2.19. The molecule has 0 saturated carbocycles. The Balaban J connectivity index is 2.12. The first-order chi connectivity index (χ1) is 9.29. The summed E-state index contributed by atoms with van der Waals surface area (Å²) in [5.41, 5.74) is -0.430. The average Bonchev–Trinajstić information content (AvgIpc) is 2.85. The van der Waals surface area contributed by atoms with Crippen LogP contribution in [0.15, 0.2) is 0 Å². The molecule has 0 radical (unpaired) electrons. The second-order valence-electron chi connectivity index (χ2n) is 6.62. The van der Waals surface area contributed by atoms with Gasteiger partial charge in [-0.25, -0.2) is 4.79 Å². The van der Waals surface area contributed by atoms with Gasteiger partial charge in [-0.05, 0) is 53.0 Å². The highest BCUT2D eigenvalue weighted by Crippen LogP contribution is 2.16. The van der Waals surface area contributed by atoms with Crippen molar-refractivity contribution in [2.24, 2.45) is 5.92 Å². The molecule has 1 saturated heterocycles. The molecule has 0 aliphatic carbocycles. The quantitative estimate of drug-likeness (QED) is 0.761. The summed E-state index contributed by atoms with van der Waals surface area (Å²) in [5, 5.41) is 3.51. The maximum Gasteiger partial charge on any atom is 0.410 e. The van der Waals surface area contributed by atoms with Crippen LogP contribution in [0.3, 0.4) is 0 Å². The first-order valence-electron chi connectivity index (χ1n) is 7.55. The molecule has 1 N–H and O–H groups in total. The van der Waals surface area contributed by atoms with E-state index >= 15 is 0 Å². The molecular weight excluding hydrogens is 256 g/mol. The molecule has 0 aromatic heterocycles. The summed E-state index contributed by atoms with van der Waals surface area (Å²) in [6.45, 7) is 11.2. The summed E-state index contributed by atoms with van der Waals surface area (Å²) in [7, 11) is 1.78. The van der Waals surface area contributed by atoms with Crippen molar-refractivity contribution in [2.45, 2.75) is 52.2 Å². The lowest BCUT2D eigenvalue weighted by atomic mass is 10.0. The number of nitrogens with zero attached hydrogens (tertiary/aromatic N) is 1. The summed E-state index contributed by atoms with van der Waals surface area (Å²) in [6.07, 6.45) is 1.81. The minimum atomic E-state index is -0.430. The zero-order chi connectivity index (χ0) is 15.2. The number of amides is 1. The molecule has 1 heterocycles. The van der Waals surface area contributed by atoms with Gasteiger partial charge in [0.1, 0.15) is 5.60 Å². The standard InChI is InChI=1S/C15H30N2O3/c1-12(13-7-10-19-11-13)16-8-6-9-17(5)14(18)20-15(2,3)4/h12-13,16H,6-11H2,1-5H3. The van der Waals surface area contributed by atoms with Crippen molar-refractivity contribution in [2.75, 3.05) is 33.4 Å². The summed E-state index contributed by atoms with van der Waals surface area (Å²) in [6, 6.07) is 0.476. The van der Waals surface area contributed by atoms with E-state index in [4.69, 9.17) is 9.47 Å². The molecule has 5 heteroatoms. The number of nitrogens with one attached hydrogen (secondary N) is 1. The van der Waals surface area contributed by atoms with Crippen LogP contribution in [0, 0.1) is 5.92 Å². The molecule has 1 amide bonds. The van der Waals surface area contributed by atoms with Crippen molar-refractivity contribution in [1.29, 1.82) is 0 Å². The van der Waals surface area contributed by atoms with E-state index < -0.39 is 5.60 Å². The first-order valence-corrected chi connectivity index (χ1v) is 7.55. The lowest BCUT2D eigenvalue weighted by Crippen LogP contribution is -2.38. The van der Waals surface area contributed by atoms with Crippen molar-refractivity contribution < 1.29 is 14.3 Å². The Morgan fingerprint density at radius 2 is 2.20 bits per heavy atom. The van der Waals surface area contributed by atoms with E-state index in [1.54, 1.807) is 11.9 Å². The zero-order valence-corrected chi connectivity index (χ0v) is 13.6. The Labute approximate surface area is 123 Å². The van der Waals surface area contributed by atoms with Gasteiger partial charge in [0, 0.05) is 26.2 Å². The minimum Gasteiger partial charge on any atom is -0.444 e. The number of hydrogen-bond acceptors (Lipinski definition) is 4. The highest BCUT2D eigenvalue weighted by atomic mass is 16.6. The third-order valence-corrected chi connectivity index (χ3v) is 3.51. The van der Waals surface area contributed by atoms with Crippen LogP contribution < -0.4 is 5.32 Å². The van der Waals surface area contributed by atoms with Crippen molar-refractivity contribution in [1.82, 2.24) is 10.2 Å². The molecule has 2 atom stereocenters. The van der Waals surface area contributed by atoms with Crippen LogP contribution in [0.2, 0.25) is 0 Å². The summed E-state index contributed by atoms with van der Waals surface area (Å²) < 4.78 is 10.7. The molecule has 1 aliphatic rings. The van der Waals surface area contributed by atoms with Gasteiger partial charge in [-0.15, -0.1) is 0 Å². The van der Waals surface area contributed by atoms with E-state index in [9.17, 15) is 4.79 Å². The van der Waals surface area contributed by atoms with Gasteiger partial charge >= 0.3 is 6.09 Å². The van der Waals surface area contributed by atoms with Crippen molar-refractivity contribution in [3.05, 3.63) is 0 Å². The van der Waals surface area contributed by atoms with E-state index in [0.717, 1.165) is 32.6 Å². The van der Waals surface area contributed by atoms with Gasteiger partial charge in [-0.2, -0.15) is 0 Å². The first kappa shape index (κ1) is 17.2. The van der Waals surface area contributed by atoms with E-state index in [1.165, 1.54) is 0 Å². The molecule has 1 fully saturated rings. The number of hydrogen-bond donors (Lipinski definition) is 1. The smallest absolute Gasteiger partial charge is 0.410 e. The molecule has 0 spiro atoms. The maximum absolute atomic E-state index is 11.8.